The summed E-state index contributed by atoms with van der Waals surface area (Å²) in [5.41, 5.74) is 1.47. The number of likely N-dealkylation sites (tertiary alicyclic amines) is 1. The predicted octanol–water partition coefficient (Wildman–Crippen LogP) is 2.80. The van der Waals surface area contributed by atoms with E-state index >= 15 is 0 Å². The number of piperidine rings is 1. The highest BCUT2D eigenvalue weighted by Gasteiger charge is 2.72. The number of carbonyl (C=O) groups is 1. The summed E-state index contributed by atoms with van der Waals surface area (Å²) in [4.78, 5) is 15.7. The number of Topliss-reactive ketones (excluding diaryl/α,β-unsaturated/α-hetero) is 1. The topological polar surface area (TPSA) is 49.8 Å². The van der Waals surface area contributed by atoms with Crippen LogP contribution in [0.5, 0.6) is 11.5 Å². The number of phenolic OH excluding ortho intramolecular Hbond substituents is 1. The van der Waals surface area contributed by atoms with Crippen molar-refractivity contribution < 1.29 is 14.6 Å². The van der Waals surface area contributed by atoms with Gasteiger partial charge in [-0.25, -0.2) is 0 Å². The maximum Gasteiger partial charge on any atom is 0.177 e. The summed E-state index contributed by atoms with van der Waals surface area (Å²) in [6.45, 7) is 6.39. The molecule has 1 aromatic rings. The lowest BCUT2D eigenvalue weighted by atomic mass is 9.46. The Balaban J connectivity index is 1.84. The molecule has 2 aliphatic carbocycles. The number of aromatic hydroxyl groups is 1. The van der Waals surface area contributed by atoms with Gasteiger partial charge in [0.25, 0.3) is 0 Å². The van der Waals surface area contributed by atoms with Gasteiger partial charge < -0.3 is 9.84 Å². The fourth-order valence-corrected chi connectivity index (χ4v) is 6.62. The molecule has 1 saturated carbocycles. The minimum Gasteiger partial charge on any atom is -0.504 e. The monoisotopic (exact) mass is 327 g/mol. The summed E-state index contributed by atoms with van der Waals surface area (Å²) < 4.78 is 6.41. The van der Waals surface area contributed by atoms with E-state index in [1.807, 2.05) is 0 Å². The molecule has 4 nitrogen and oxygen atoms in total. The molecule has 128 valence electrons. The van der Waals surface area contributed by atoms with Gasteiger partial charge in [-0.2, -0.15) is 0 Å². The lowest BCUT2D eigenvalue weighted by molar-refractivity contribution is -0.158. The minimum atomic E-state index is -0.760. The van der Waals surface area contributed by atoms with Crippen LogP contribution < -0.4 is 4.74 Å². The van der Waals surface area contributed by atoms with E-state index in [2.05, 4.69) is 24.8 Å². The summed E-state index contributed by atoms with van der Waals surface area (Å²) in [7, 11) is 0. The van der Waals surface area contributed by atoms with Crippen molar-refractivity contribution in [2.24, 2.45) is 5.92 Å². The van der Waals surface area contributed by atoms with Gasteiger partial charge >= 0.3 is 0 Å². The molecule has 2 fully saturated rings. The SMILES string of the molecule is CCN1CC[C@]23c4c5ccc(O)c4O[C@@]2(CC)C(=O)CC[C@H]3[C@H]1C5. The molecule has 1 N–H and O–H groups in total. The molecule has 1 spiro atoms. The Bertz CT molecular complexity index is 745. The van der Waals surface area contributed by atoms with Crippen LogP contribution in [0.3, 0.4) is 0 Å². The largest absolute Gasteiger partial charge is 0.504 e. The predicted molar refractivity (Wildman–Crippen MR) is 90.5 cm³/mol. The van der Waals surface area contributed by atoms with Crippen LogP contribution in [-0.2, 0) is 16.6 Å². The third-order valence-corrected chi connectivity index (χ3v) is 7.49. The van der Waals surface area contributed by atoms with E-state index in [9.17, 15) is 9.90 Å². The van der Waals surface area contributed by atoms with Gasteiger partial charge in [-0.1, -0.05) is 19.9 Å². The highest BCUT2D eigenvalue weighted by molar-refractivity contribution is 5.93. The van der Waals surface area contributed by atoms with Crippen molar-refractivity contribution in [2.45, 2.75) is 63.0 Å². The van der Waals surface area contributed by atoms with Gasteiger partial charge in [0.05, 0.1) is 5.41 Å². The molecule has 2 heterocycles. The molecule has 4 atom stereocenters. The first-order valence-corrected chi connectivity index (χ1v) is 9.40. The molecular weight excluding hydrogens is 302 g/mol. The van der Waals surface area contributed by atoms with E-state index in [1.54, 1.807) is 6.07 Å². The van der Waals surface area contributed by atoms with Crippen LogP contribution in [0, 0.1) is 5.92 Å². The molecule has 2 bridgehead atoms. The third-order valence-electron chi connectivity index (χ3n) is 7.49. The van der Waals surface area contributed by atoms with E-state index in [1.165, 1.54) is 11.1 Å². The summed E-state index contributed by atoms with van der Waals surface area (Å²) in [5.74, 6) is 1.51. The average molecular weight is 327 g/mol. The lowest BCUT2D eigenvalue weighted by Gasteiger charge is -2.61. The highest BCUT2D eigenvalue weighted by atomic mass is 16.5. The Morgan fingerprint density at radius 1 is 1.38 bits per heavy atom. The van der Waals surface area contributed by atoms with Crippen LogP contribution in [0.4, 0.5) is 0 Å². The molecule has 24 heavy (non-hydrogen) atoms. The van der Waals surface area contributed by atoms with E-state index in [0.29, 0.717) is 30.6 Å². The maximum atomic E-state index is 13.1. The first-order chi connectivity index (χ1) is 11.6. The van der Waals surface area contributed by atoms with E-state index in [-0.39, 0.29) is 16.9 Å². The smallest absolute Gasteiger partial charge is 0.177 e. The highest BCUT2D eigenvalue weighted by Crippen LogP contribution is 2.67. The standard InChI is InChI=1S/C20H25NO3/c1-3-20-16(23)8-6-13-14-11-12-5-7-15(22)18(24-20)17(12)19(13,20)9-10-21(14)4-2/h5,7,13-14,22H,3-4,6,8-11H2,1-2H3/t13-,14+,19-,20-/m0/s1. The molecule has 1 saturated heterocycles. The molecule has 0 aromatic heterocycles. The average Bonchev–Trinajstić information content (AvgIpc) is 2.90. The van der Waals surface area contributed by atoms with Crippen molar-refractivity contribution in [3.63, 3.8) is 0 Å². The number of rotatable bonds is 2. The van der Waals surface area contributed by atoms with Crippen molar-refractivity contribution >= 4 is 5.78 Å². The Kier molecular flexibility index (Phi) is 2.79. The van der Waals surface area contributed by atoms with Crippen molar-refractivity contribution in [1.82, 2.24) is 4.90 Å². The van der Waals surface area contributed by atoms with Crippen molar-refractivity contribution in [2.75, 3.05) is 13.1 Å². The summed E-state index contributed by atoms with van der Waals surface area (Å²) in [6, 6.07) is 4.31. The first-order valence-electron chi connectivity index (χ1n) is 9.40. The van der Waals surface area contributed by atoms with Crippen molar-refractivity contribution in [1.29, 1.82) is 0 Å². The Morgan fingerprint density at radius 3 is 2.96 bits per heavy atom. The second-order valence-electron chi connectivity index (χ2n) is 7.92. The zero-order valence-corrected chi connectivity index (χ0v) is 14.5. The molecule has 4 heteroatoms. The molecular formula is C20H25NO3. The minimum absolute atomic E-state index is 0.202. The zero-order valence-electron chi connectivity index (χ0n) is 14.5. The second kappa shape index (κ2) is 4.54. The third kappa shape index (κ3) is 1.36. The van der Waals surface area contributed by atoms with Crippen LogP contribution in [0.1, 0.15) is 50.7 Å². The van der Waals surface area contributed by atoms with Crippen molar-refractivity contribution in [3.8, 4) is 11.5 Å². The number of benzene rings is 1. The number of ether oxygens (including phenoxy) is 1. The van der Waals surface area contributed by atoms with Crippen LogP contribution in [0.15, 0.2) is 12.1 Å². The fourth-order valence-electron chi connectivity index (χ4n) is 6.62. The molecule has 0 radical (unpaired) electrons. The van der Waals surface area contributed by atoms with E-state index < -0.39 is 5.60 Å². The Labute approximate surface area is 142 Å². The zero-order chi connectivity index (χ0) is 16.7. The van der Waals surface area contributed by atoms with Gasteiger partial charge in [0.1, 0.15) is 0 Å². The fraction of sp³-hybridized carbons (Fsp3) is 0.650. The van der Waals surface area contributed by atoms with Crippen molar-refractivity contribution in [3.05, 3.63) is 23.3 Å². The van der Waals surface area contributed by atoms with E-state index in [0.717, 1.165) is 32.4 Å². The lowest BCUT2D eigenvalue weighted by Crippen LogP contribution is -2.71. The molecule has 4 aliphatic rings. The number of ketones is 1. The maximum absolute atomic E-state index is 13.1. The number of phenols is 1. The molecule has 1 aromatic carbocycles. The molecule has 0 amide bonds. The number of hydrogen-bond acceptors (Lipinski definition) is 4. The quantitative estimate of drug-likeness (QED) is 0.907. The Hall–Kier alpha value is -1.55. The number of nitrogens with zero attached hydrogens (tertiary/aromatic N) is 1. The first kappa shape index (κ1) is 14.8. The van der Waals surface area contributed by atoms with Crippen LogP contribution >= 0.6 is 0 Å². The molecule has 0 unspecified atom stereocenters. The molecule has 2 aliphatic heterocycles. The normalized spacial score (nSPS) is 39.5. The van der Waals surface area contributed by atoms with Gasteiger partial charge in [-0.05, 0) is 56.3 Å². The van der Waals surface area contributed by atoms with Gasteiger partial charge in [0.15, 0.2) is 22.9 Å². The Morgan fingerprint density at radius 2 is 2.21 bits per heavy atom. The number of hydrogen-bond donors (Lipinski definition) is 1. The molecule has 5 rings (SSSR count). The van der Waals surface area contributed by atoms with Gasteiger partial charge in [-0.3, -0.25) is 9.69 Å². The summed E-state index contributed by atoms with van der Waals surface area (Å²) >= 11 is 0. The van der Waals surface area contributed by atoms with Crippen LogP contribution in [-0.4, -0.2) is 40.5 Å². The van der Waals surface area contributed by atoms with Gasteiger partial charge in [0, 0.05) is 18.0 Å². The number of likely N-dealkylation sites (N-methyl/N-ethyl adjacent to an activating group) is 1. The van der Waals surface area contributed by atoms with Gasteiger partial charge in [0.2, 0.25) is 0 Å². The second-order valence-corrected chi connectivity index (χ2v) is 7.92. The number of carbonyl (C=O) groups excluding carboxylic acids is 1. The van der Waals surface area contributed by atoms with Crippen LogP contribution in [0.25, 0.3) is 0 Å². The summed E-state index contributed by atoms with van der Waals surface area (Å²) in [5, 5.41) is 10.5. The summed E-state index contributed by atoms with van der Waals surface area (Å²) in [6.07, 6.45) is 4.23. The van der Waals surface area contributed by atoms with E-state index in [4.69, 9.17) is 4.74 Å². The van der Waals surface area contributed by atoms with Gasteiger partial charge in [-0.15, -0.1) is 0 Å². The van der Waals surface area contributed by atoms with Crippen LogP contribution in [0.2, 0.25) is 0 Å².